The second kappa shape index (κ2) is 10.1. The standard InChI is InChI=1S/C24H23BrN2O3/c1-16-14-20(25)10-13-22(16)30-15-23(28)27-21-11-8-19(9-12-21)24(29)26-17(2)18-6-4-3-5-7-18/h3-14,17H,15H2,1-2H3,(H,26,29)(H,27,28). The Morgan fingerprint density at radius 2 is 1.70 bits per heavy atom. The van der Waals surface area contributed by atoms with Crippen LogP contribution in [0.15, 0.2) is 77.3 Å². The van der Waals surface area contributed by atoms with Crippen molar-refractivity contribution in [2.45, 2.75) is 19.9 Å². The summed E-state index contributed by atoms with van der Waals surface area (Å²) in [7, 11) is 0. The van der Waals surface area contributed by atoms with Gasteiger partial charge in [-0.15, -0.1) is 0 Å². The van der Waals surface area contributed by atoms with Crippen LogP contribution in [0.2, 0.25) is 0 Å². The molecule has 5 nitrogen and oxygen atoms in total. The number of halogens is 1. The van der Waals surface area contributed by atoms with E-state index in [4.69, 9.17) is 4.74 Å². The molecule has 2 N–H and O–H groups in total. The maximum absolute atomic E-state index is 12.5. The SMILES string of the molecule is Cc1cc(Br)ccc1OCC(=O)Nc1ccc(C(=O)NC(C)c2ccccc2)cc1. The van der Waals surface area contributed by atoms with Crippen LogP contribution in [0.3, 0.4) is 0 Å². The van der Waals surface area contributed by atoms with Crippen molar-refractivity contribution in [2.24, 2.45) is 0 Å². The Hall–Kier alpha value is -3.12. The van der Waals surface area contributed by atoms with Crippen LogP contribution in [0.1, 0.15) is 34.5 Å². The van der Waals surface area contributed by atoms with Crippen LogP contribution in [0.5, 0.6) is 5.75 Å². The Balaban J connectivity index is 1.52. The molecule has 0 aliphatic heterocycles. The highest BCUT2D eigenvalue weighted by atomic mass is 79.9. The lowest BCUT2D eigenvalue weighted by Gasteiger charge is -2.14. The number of rotatable bonds is 7. The van der Waals surface area contributed by atoms with E-state index in [0.717, 1.165) is 15.6 Å². The van der Waals surface area contributed by atoms with Crippen LogP contribution in [0.25, 0.3) is 0 Å². The number of hydrogen-bond acceptors (Lipinski definition) is 3. The van der Waals surface area contributed by atoms with Crippen LogP contribution in [-0.4, -0.2) is 18.4 Å². The predicted octanol–water partition coefficient (Wildman–Crippen LogP) is 5.27. The molecule has 3 aromatic rings. The van der Waals surface area contributed by atoms with Crippen molar-refractivity contribution in [3.05, 3.63) is 94.0 Å². The normalized spacial score (nSPS) is 11.4. The first kappa shape index (κ1) is 21.6. The number of nitrogens with one attached hydrogen (secondary N) is 2. The number of carbonyl (C=O) groups excluding carboxylic acids is 2. The lowest BCUT2D eigenvalue weighted by molar-refractivity contribution is -0.118. The van der Waals surface area contributed by atoms with Crippen LogP contribution in [0, 0.1) is 6.92 Å². The van der Waals surface area contributed by atoms with Crippen molar-refractivity contribution in [3.8, 4) is 5.75 Å². The smallest absolute Gasteiger partial charge is 0.262 e. The minimum Gasteiger partial charge on any atom is -0.483 e. The Bertz CT molecular complexity index is 1020. The van der Waals surface area contributed by atoms with Gasteiger partial charge in [0.2, 0.25) is 0 Å². The molecule has 1 atom stereocenters. The van der Waals surface area contributed by atoms with Gasteiger partial charge in [-0.1, -0.05) is 46.3 Å². The molecular formula is C24H23BrN2O3. The fourth-order valence-electron chi connectivity index (χ4n) is 2.93. The highest BCUT2D eigenvalue weighted by Gasteiger charge is 2.12. The van der Waals surface area contributed by atoms with E-state index in [0.29, 0.717) is 17.0 Å². The number of carbonyl (C=O) groups is 2. The minimum atomic E-state index is -0.271. The van der Waals surface area contributed by atoms with Gasteiger partial charge in [-0.3, -0.25) is 9.59 Å². The van der Waals surface area contributed by atoms with Crippen molar-refractivity contribution < 1.29 is 14.3 Å². The van der Waals surface area contributed by atoms with Gasteiger partial charge in [-0.2, -0.15) is 0 Å². The molecule has 0 spiro atoms. The fourth-order valence-corrected chi connectivity index (χ4v) is 3.40. The van der Waals surface area contributed by atoms with Crippen molar-refractivity contribution in [2.75, 3.05) is 11.9 Å². The molecular weight excluding hydrogens is 444 g/mol. The number of anilines is 1. The fraction of sp³-hybridized carbons (Fsp3) is 0.167. The summed E-state index contributed by atoms with van der Waals surface area (Å²) in [6.07, 6.45) is 0. The number of amides is 2. The zero-order valence-electron chi connectivity index (χ0n) is 16.8. The molecule has 0 fully saturated rings. The van der Waals surface area contributed by atoms with Crippen LogP contribution >= 0.6 is 15.9 Å². The molecule has 3 aromatic carbocycles. The highest BCUT2D eigenvalue weighted by Crippen LogP contribution is 2.22. The largest absolute Gasteiger partial charge is 0.483 e. The molecule has 3 rings (SSSR count). The second-order valence-electron chi connectivity index (χ2n) is 6.93. The molecule has 0 aliphatic rings. The van der Waals surface area contributed by atoms with E-state index in [9.17, 15) is 9.59 Å². The van der Waals surface area contributed by atoms with E-state index < -0.39 is 0 Å². The minimum absolute atomic E-state index is 0.0979. The molecule has 1 unspecified atom stereocenters. The maximum Gasteiger partial charge on any atom is 0.262 e. The molecule has 6 heteroatoms. The number of hydrogen-bond donors (Lipinski definition) is 2. The molecule has 0 radical (unpaired) electrons. The monoisotopic (exact) mass is 466 g/mol. The lowest BCUT2D eigenvalue weighted by atomic mass is 10.1. The molecule has 2 amide bonds. The first-order valence-corrected chi connectivity index (χ1v) is 10.4. The third-order valence-electron chi connectivity index (χ3n) is 4.57. The summed E-state index contributed by atoms with van der Waals surface area (Å²) < 4.78 is 6.53. The topological polar surface area (TPSA) is 67.4 Å². The van der Waals surface area contributed by atoms with E-state index >= 15 is 0 Å². The van der Waals surface area contributed by atoms with Crippen molar-refractivity contribution >= 4 is 33.4 Å². The molecule has 0 aromatic heterocycles. The molecule has 0 bridgehead atoms. The third kappa shape index (κ3) is 5.94. The van der Waals surface area contributed by atoms with E-state index in [1.54, 1.807) is 24.3 Å². The van der Waals surface area contributed by atoms with E-state index in [1.165, 1.54) is 0 Å². The van der Waals surface area contributed by atoms with Gasteiger partial charge in [0.1, 0.15) is 5.75 Å². The number of aryl methyl sites for hydroxylation is 1. The summed E-state index contributed by atoms with van der Waals surface area (Å²) in [6.45, 7) is 3.76. The molecule has 154 valence electrons. The molecule has 0 saturated heterocycles. The van der Waals surface area contributed by atoms with Gasteiger partial charge >= 0.3 is 0 Å². The summed E-state index contributed by atoms with van der Waals surface area (Å²) in [5.74, 6) is 0.221. The van der Waals surface area contributed by atoms with Gasteiger partial charge in [-0.25, -0.2) is 0 Å². The van der Waals surface area contributed by atoms with Crippen LogP contribution in [-0.2, 0) is 4.79 Å². The zero-order chi connectivity index (χ0) is 21.5. The lowest BCUT2D eigenvalue weighted by Crippen LogP contribution is -2.26. The van der Waals surface area contributed by atoms with Gasteiger partial charge in [0.25, 0.3) is 11.8 Å². The zero-order valence-corrected chi connectivity index (χ0v) is 18.4. The Morgan fingerprint density at radius 3 is 2.37 bits per heavy atom. The van der Waals surface area contributed by atoms with Crippen molar-refractivity contribution in [1.82, 2.24) is 5.32 Å². The number of benzene rings is 3. The first-order valence-electron chi connectivity index (χ1n) is 9.57. The maximum atomic E-state index is 12.5. The van der Waals surface area contributed by atoms with Crippen LogP contribution in [0.4, 0.5) is 5.69 Å². The van der Waals surface area contributed by atoms with Gasteiger partial charge in [0, 0.05) is 15.7 Å². The average Bonchev–Trinajstić information content (AvgIpc) is 2.74. The van der Waals surface area contributed by atoms with E-state index in [1.807, 2.05) is 62.4 Å². The second-order valence-corrected chi connectivity index (χ2v) is 7.85. The van der Waals surface area contributed by atoms with Gasteiger partial charge < -0.3 is 15.4 Å². The molecule has 30 heavy (non-hydrogen) atoms. The highest BCUT2D eigenvalue weighted by molar-refractivity contribution is 9.10. The van der Waals surface area contributed by atoms with E-state index in [-0.39, 0.29) is 24.5 Å². The quantitative estimate of drug-likeness (QED) is 0.498. The number of ether oxygens (including phenoxy) is 1. The van der Waals surface area contributed by atoms with Crippen LogP contribution < -0.4 is 15.4 Å². The van der Waals surface area contributed by atoms with Crippen molar-refractivity contribution in [1.29, 1.82) is 0 Å². The van der Waals surface area contributed by atoms with Gasteiger partial charge in [0.05, 0.1) is 6.04 Å². The summed E-state index contributed by atoms with van der Waals surface area (Å²) >= 11 is 3.40. The predicted molar refractivity (Wildman–Crippen MR) is 122 cm³/mol. The van der Waals surface area contributed by atoms with E-state index in [2.05, 4.69) is 26.6 Å². The summed E-state index contributed by atoms with van der Waals surface area (Å²) in [6, 6.07) is 22.0. The van der Waals surface area contributed by atoms with Gasteiger partial charge in [-0.05, 0) is 67.4 Å². The Labute approximate surface area is 184 Å². The Morgan fingerprint density at radius 1 is 1.00 bits per heavy atom. The first-order chi connectivity index (χ1) is 14.4. The summed E-state index contributed by atoms with van der Waals surface area (Å²) in [5, 5.41) is 5.74. The average molecular weight is 467 g/mol. The molecule has 0 aliphatic carbocycles. The third-order valence-corrected chi connectivity index (χ3v) is 5.07. The summed E-state index contributed by atoms with van der Waals surface area (Å²) in [5.41, 5.74) is 3.11. The molecule has 0 saturated carbocycles. The van der Waals surface area contributed by atoms with Gasteiger partial charge in [0.15, 0.2) is 6.61 Å². The molecule has 0 heterocycles. The van der Waals surface area contributed by atoms with Crippen molar-refractivity contribution in [3.63, 3.8) is 0 Å². The summed E-state index contributed by atoms with van der Waals surface area (Å²) in [4.78, 5) is 24.6. The Kier molecular flexibility index (Phi) is 7.25.